The molecule has 0 aromatic heterocycles. The predicted octanol–water partition coefficient (Wildman–Crippen LogP) is 1.76. The van der Waals surface area contributed by atoms with Gasteiger partial charge in [-0.05, 0) is 26.7 Å². The van der Waals surface area contributed by atoms with Crippen LogP contribution in [0.4, 0.5) is 0 Å². The third-order valence-electron chi connectivity index (χ3n) is 2.34. The van der Waals surface area contributed by atoms with Gasteiger partial charge in [-0.25, -0.2) is 0 Å². The molecule has 0 aliphatic heterocycles. The Bertz CT molecular complexity index is 155. The summed E-state index contributed by atoms with van der Waals surface area (Å²) in [5, 5.41) is 10.1. The van der Waals surface area contributed by atoms with Gasteiger partial charge in [0.05, 0.1) is 6.10 Å². The molecule has 0 bridgehead atoms. The van der Waals surface area contributed by atoms with Crippen LogP contribution >= 0.6 is 11.8 Å². The zero-order valence-electron chi connectivity index (χ0n) is 8.62. The van der Waals surface area contributed by atoms with Crippen molar-refractivity contribution in [2.45, 2.75) is 56.4 Å². The molecule has 0 radical (unpaired) electrons. The van der Waals surface area contributed by atoms with E-state index in [0.29, 0.717) is 5.25 Å². The molecule has 1 aliphatic carbocycles. The first kappa shape index (κ1) is 11.3. The maximum absolute atomic E-state index is 9.70. The average Bonchev–Trinajstić information content (AvgIpc) is 2.01. The van der Waals surface area contributed by atoms with Crippen molar-refractivity contribution in [1.82, 2.24) is 0 Å². The summed E-state index contributed by atoms with van der Waals surface area (Å²) in [7, 11) is 0. The van der Waals surface area contributed by atoms with E-state index in [1.165, 1.54) is 12.8 Å². The first-order valence-corrected chi connectivity index (χ1v) is 6.12. The van der Waals surface area contributed by atoms with Crippen LogP contribution in [0.25, 0.3) is 0 Å². The van der Waals surface area contributed by atoms with Crippen molar-refractivity contribution in [1.29, 1.82) is 0 Å². The van der Waals surface area contributed by atoms with E-state index in [-0.39, 0.29) is 11.6 Å². The van der Waals surface area contributed by atoms with Gasteiger partial charge in [0.15, 0.2) is 0 Å². The molecule has 1 saturated carbocycles. The molecule has 13 heavy (non-hydrogen) atoms. The fourth-order valence-corrected chi connectivity index (χ4v) is 2.93. The highest BCUT2D eigenvalue weighted by Gasteiger charge is 2.25. The minimum absolute atomic E-state index is 0.0962. The van der Waals surface area contributed by atoms with Crippen molar-refractivity contribution in [3.05, 3.63) is 0 Å². The summed E-state index contributed by atoms with van der Waals surface area (Å²) in [5.74, 6) is 0.939. The summed E-state index contributed by atoms with van der Waals surface area (Å²) >= 11 is 1.84. The Labute approximate surface area is 85.3 Å². The molecule has 0 aromatic carbocycles. The Kier molecular flexibility index (Phi) is 4.07. The topological polar surface area (TPSA) is 46.2 Å². The van der Waals surface area contributed by atoms with Crippen LogP contribution in [0.15, 0.2) is 0 Å². The molecule has 0 saturated heterocycles. The Morgan fingerprint density at radius 1 is 1.38 bits per heavy atom. The molecule has 2 nitrogen and oxygen atoms in total. The number of aliphatic hydroxyl groups is 1. The SMILES string of the molecule is CC(C)(N)CSC1CCCCC1O. The predicted molar refractivity (Wildman–Crippen MR) is 59.0 cm³/mol. The summed E-state index contributed by atoms with van der Waals surface area (Å²) in [6, 6.07) is 0. The van der Waals surface area contributed by atoms with E-state index in [9.17, 15) is 5.11 Å². The molecule has 3 N–H and O–H groups in total. The molecule has 2 unspecified atom stereocenters. The van der Waals surface area contributed by atoms with Crippen LogP contribution in [0.3, 0.4) is 0 Å². The Morgan fingerprint density at radius 2 is 2.00 bits per heavy atom. The van der Waals surface area contributed by atoms with E-state index in [2.05, 4.69) is 0 Å². The summed E-state index contributed by atoms with van der Waals surface area (Å²) < 4.78 is 0. The maximum Gasteiger partial charge on any atom is 0.0658 e. The zero-order valence-corrected chi connectivity index (χ0v) is 9.44. The molecule has 2 atom stereocenters. The molecular formula is C10H21NOS. The first-order chi connectivity index (χ1) is 5.99. The minimum atomic E-state index is -0.109. The number of aliphatic hydroxyl groups excluding tert-OH is 1. The van der Waals surface area contributed by atoms with E-state index in [1.807, 2.05) is 25.6 Å². The highest BCUT2D eigenvalue weighted by Crippen LogP contribution is 2.30. The molecule has 3 heteroatoms. The lowest BCUT2D eigenvalue weighted by Crippen LogP contribution is -2.37. The van der Waals surface area contributed by atoms with Crippen molar-refractivity contribution in [3.8, 4) is 0 Å². The standard InChI is InChI=1S/C10H21NOS/c1-10(2,11)7-13-9-6-4-3-5-8(9)12/h8-9,12H,3-7,11H2,1-2H3. The van der Waals surface area contributed by atoms with E-state index in [1.54, 1.807) is 0 Å². The third kappa shape index (κ3) is 4.34. The van der Waals surface area contributed by atoms with Crippen LogP contribution in [0.5, 0.6) is 0 Å². The lowest BCUT2D eigenvalue weighted by molar-refractivity contribution is 0.137. The Morgan fingerprint density at radius 3 is 2.54 bits per heavy atom. The van der Waals surface area contributed by atoms with Crippen LogP contribution < -0.4 is 5.73 Å². The van der Waals surface area contributed by atoms with Crippen molar-refractivity contribution in [3.63, 3.8) is 0 Å². The lowest BCUT2D eigenvalue weighted by Gasteiger charge is -2.29. The average molecular weight is 203 g/mol. The number of rotatable bonds is 3. The van der Waals surface area contributed by atoms with Gasteiger partial charge in [-0.1, -0.05) is 12.8 Å². The van der Waals surface area contributed by atoms with Crippen molar-refractivity contribution < 1.29 is 5.11 Å². The van der Waals surface area contributed by atoms with Gasteiger partial charge in [0.1, 0.15) is 0 Å². The van der Waals surface area contributed by atoms with Gasteiger partial charge in [-0.15, -0.1) is 0 Å². The minimum Gasteiger partial charge on any atom is -0.392 e. The third-order valence-corrected chi connectivity index (χ3v) is 4.23. The second-order valence-corrected chi connectivity index (χ2v) is 5.92. The molecule has 0 amide bonds. The van der Waals surface area contributed by atoms with Crippen LogP contribution in [-0.4, -0.2) is 27.8 Å². The van der Waals surface area contributed by atoms with Gasteiger partial charge in [0, 0.05) is 16.5 Å². The Balaban J connectivity index is 2.27. The van der Waals surface area contributed by atoms with Gasteiger partial charge in [0.25, 0.3) is 0 Å². The fourth-order valence-electron chi connectivity index (χ4n) is 1.59. The maximum atomic E-state index is 9.70. The summed E-state index contributed by atoms with van der Waals surface area (Å²) in [4.78, 5) is 0. The molecule has 1 aliphatic rings. The van der Waals surface area contributed by atoms with Crippen LogP contribution in [0, 0.1) is 0 Å². The van der Waals surface area contributed by atoms with Crippen molar-refractivity contribution in [2.75, 3.05) is 5.75 Å². The quantitative estimate of drug-likeness (QED) is 0.735. The second-order valence-electron chi connectivity index (χ2n) is 4.69. The number of hydrogen-bond donors (Lipinski definition) is 2. The first-order valence-electron chi connectivity index (χ1n) is 5.07. The second kappa shape index (κ2) is 4.67. The number of thioether (sulfide) groups is 1. The normalized spacial score (nSPS) is 30.5. The largest absolute Gasteiger partial charge is 0.392 e. The van der Waals surface area contributed by atoms with E-state index < -0.39 is 0 Å². The highest BCUT2D eigenvalue weighted by molar-refractivity contribution is 8.00. The van der Waals surface area contributed by atoms with E-state index in [0.717, 1.165) is 18.6 Å². The molecular weight excluding hydrogens is 182 g/mol. The summed E-state index contributed by atoms with van der Waals surface area (Å²) in [6.07, 6.45) is 4.48. The van der Waals surface area contributed by atoms with E-state index in [4.69, 9.17) is 5.73 Å². The molecule has 1 rings (SSSR count). The van der Waals surface area contributed by atoms with Crippen molar-refractivity contribution >= 4 is 11.8 Å². The van der Waals surface area contributed by atoms with Crippen LogP contribution in [0.2, 0.25) is 0 Å². The summed E-state index contributed by atoms with van der Waals surface area (Å²) in [5.41, 5.74) is 5.79. The van der Waals surface area contributed by atoms with Crippen molar-refractivity contribution in [2.24, 2.45) is 5.73 Å². The van der Waals surface area contributed by atoms with Gasteiger partial charge < -0.3 is 10.8 Å². The highest BCUT2D eigenvalue weighted by atomic mass is 32.2. The fraction of sp³-hybridized carbons (Fsp3) is 1.00. The molecule has 78 valence electrons. The van der Waals surface area contributed by atoms with Gasteiger partial charge >= 0.3 is 0 Å². The van der Waals surface area contributed by atoms with E-state index >= 15 is 0 Å². The molecule has 0 heterocycles. The monoisotopic (exact) mass is 203 g/mol. The van der Waals surface area contributed by atoms with Gasteiger partial charge in [-0.2, -0.15) is 11.8 Å². The summed E-state index contributed by atoms with van der Waals surface area (Å²) in [6.45, 7) is 4.07. The molecule has 1 fully saturated rings. The van der Waals surface area contributed by atoms with Gasteiger partial charge in [-0.3, -0.25) is 0 Å². The Hall–Kier alpha value is 0.270. The zero-order chi connectivity index (χ0) is 9.90. The lowest BCUT2D eigenvalue weighted by atomic mass is 9.97. The molecule has 0 aromatic rings. The number of nitrogens with two attached hydrogens (primary N) is 1. The van der Waals surface area contributed by atoms with Crippen LogP contribution in [-0.2, 0) is 0 Å². The molecule has 0 spiro atoms. The number of hydrogen-bond acceptors (Lipinski definition) is 3. The van der Waals surface area contributed by atoms with Gasteiger partial charge in [0.2, 0.25) is 0 Å². The smallest absolute Gasteiger partial charge is 0.0658 e. The van der Waals surface area contributed by atoms with Crippen LogP contribution in [0.1, 0.15) is 39.5 Å².